The van der Waals surface area contributed by atoms with Crippen LogP contribution in [-0.2, 0) is 6.42 Å². The molecular formula is C14H16FN. The number of hydrogen-bond donors (Lipinski definition) is 0. The van der Waals surface area contributed by atoms with Gasteiger partial charge in [0.15, 0.2) is 0 Å². The van der Waals surface area contributed by atoms with Crippen LogP contribution in [0.2, 0.25) is 0 Å². The van der Waals surface area contributed by atoms with Crippen LogP contribution >= 0.6 is 0 Å². The zero-order valence-corrected chi connectivity index (χ0v) is 9.70. The molecule has 0 atom stereocenters. The summed E-state index contributed by atoms with van der Waals surface area (Å²) in [6, 6.07) is 6.50. The lowest BCUT2D eigenvalue weighted by Crippen LogP contribution is -1.89. The third-order valence-electron chi connectivity index (χ3n) is 2.05. The Labute approximate surface area is 96.0 Å². The zero-order valence-electron chi connectivity index (χ0n) is 9.70. The maximum atomic E-state index is 12.7. The summed E-state index contributed by atoms with van der Waals surface area (Å²) in [5, 5.41) is 0. The first kappa shape index (κ1) is 12.4. The second kappa shape index (κ2) is 6.01. The summed E-state index contributed by atoms with van der Waals surface area (Å²) in [5.41, 5.74) is 3.34. The zero-order chi connectivity index (χ0) is 12.0. The van der Waals surface area contributed by atoms with Crippen LogP contribution in [0, 0.1) is 5.82 Å². The van der Waals surface area contributed by atoms with E-state index in [1.807, 2.05) is 13.8 Å². The van der Waals surface area contributed by atoms with Crippen molar-refractivity contribution in [2.75, 3.05) is 0 Å². The van der Waals surface area contributed by atoms with Gasteiger partial charge in [-0.25, -0.2) is 4.39 Å². The highest BCUT2D eigenvalue weighted by Gasteiger charge is 1.98. The second-order valence-corrected chi connectivity index (χ2v) is 3.91. The van der Waals surface area contributed by atoms with E-state index in [9.17, 15) is 4.39 Å². The Bertz CT molecular complexity index is 409. The average Bonchev–Trinajstić information content (AvgIpc) is 2.21. The highest BCUT2D eigenvalue weighted by molar-refractivity contribution is 5.33. The van der Waals surface area contributed by atoms with Gasteiger partial charge in [0.1, 0.15) is 5.82 Å². The van der Waals surface area contributed by atoms with Crippen LogP contribution in [0.5, 0.6) is 0 Å². The van der Waals surface area contributed by atoms with Gasteiger partial charge in [-0.1, -0.05) is 23.8 Å². The molecule has 84 valence electrons. The number of benzene rings is 1. The van der Waals surface area contributed by atoms with Crippen LogP contribution in [0.25, 0.3) is 0 Å². The van der Waals surface area contributed by atoms with Gasteiger partial charge in [0.25, 0.3) is 0 Å². The van der Waals surface area contributed by atoms with Gasteiger partial charge in [-0.2, -0.15) is 0 Å². The van der Waals surface area contributed by atoms with Crippen molar-refractivity contribution in [3.05, 3.63) is 59.1 Å². The lowest BCUT2D eigenvalue weighted by Gasteiger charge is -2.03. The Morgan fingerprint density at radius 1 is 1.31 bits per heavy atom. The van der Waals surface area contributed by atoms with Crippen LogP contribution < -0.4 is 0 Å². The molecule has 0 amide bonds. The van der Waals surface area contributed by atoms with E-state index < -0.39 is 0 Å². The molecule has 2 heteroatoms. The number of rotatable bonds is 4. The Morgan fingerprint density at radius 2 is 1.94 bits per heavy atom. The van der Waals surface area contributed by atoms with E-state index >= 15 is 0 Å². The largest absolute Gasteiger partial charge is 0.272 e. The molecule has 0 fully saturated rings. The SMILES string of the molecule is C=N/C=C(\C=C(C)C)Cc1ccc(F)cc1. The van der Waals surface area contributed by atoms with Gasteiger partial charge >= 0.3 is 0 Å². The van der Waals surface area contributed by atoms with Crippen molar-refractivity contribution in [1.82, 2.24) is 0 Å². The van der Waals surface area contributed by atoms with Crippen molar-refractivity contribution < 1.29 is 4.39 Å². The average molecular weight is 217 g/mol. The van der Waals surface area contributed by atoms with Crippen molar-refractivity contribution in [2.45, 2.75) is 20.3 Å². The van der Waals surface area contributed by atoms with Gasteiger partial charge in [-0.15, -0.1) is 0 Å². The van der Waals surface area contributed by atoms with E-state index in [4.69, 9.17) is 0 Å². The molecule has 0 aromatic heterocycles. The first-order chi connectivity index (χ1) is 7.61. The van der Waals surface area contributed by atoms with Crippen molar-refractivity contribution >= 4 is 6.72 Å². The van der Waals surface area contributed by atoms with E-state index in [0.29, 0.717) is 0 Å². The summed E-state index contributed by atoms with van der Waals surface area (Å²) in [4.78, 5) is 3.77. The van der Waals surface area contributed by atoms with Gasteiger partial charge < -0.3 is 0 Å². The molecule has 0 N–H and O–H groups in total. The highest BCUT2D eigenvalue weighted by Crippen LogP contribution is 2.12. The predicted octanol–water partition coefficient (Wildman–Crippen LogP) is 3.92. The summed E-state index contributed by atoms with van der Waals surface area (Å²) < 4.78 is 12.7. The minimum atomic E-state index is -0.210. The van der Waals surface area contributed by atoms with Crippen molar-refractivity contribution in [3.63, 3.8) is 0 Å². The van der Waals surface area contributed by atoms with E-state index in [0.717, 1.165) is 17.6 Å². The van der Waals surface area contributed by atoms with E-state index in [1.165, 1.54) is 17.7 Å². The molecule has 1 aromatic carbocycles. The molecule has 16 heavy (non-hydrogen) atoms. The molecule has 0 aliphatic carbocycles. The van der Waals surface area contributed by atoms with Crippen LogP contribution in [0.1, 0.15) is 19.4 Å². The highest BCUT2D eigenvalue weighted by atomic mass is 19.1. The van der Waals surface area contributed by atoms with E-state index in [2.05, 4.69) is 17.8 Å². The molecule has 1 nitrogen and oxygen atoms in total. The molecule has 0 heterocycles. The lowest BCUT2D eigenvalue weighted by atomic mass is 10.0. The van der Waals surface area contributed by atoms with Gasteiger partial charge in [0.05, 0.1) is 0 Å². The molecule has 0 saturated heterocycles. The number of aliphatic imine (C=N–C) groups is 1. The van der Waals surface area contributed by atoms with Crippen LogP contribution in [0.15, 0.2) is 52.7 Å². The summed E-state index contributed by atoms with van der Waals surface area (Å²) in [6.07, 6.45) is 4.53. The smallest absolute Gasteiger partial charge is 0.123 e. The first-order valence-corrected chi connectivity index (χ1v) is 5.16. The fraction of sp³-hybridized carbons (Fsp3) is 0.214. The Balaban J connectivity index is 2.84. The van der Waals surface area contributed by atoms with Gasteiger partial charge in [-0.3, -0.25) is 4.99 Å². The Kier molecular flexibility index (Phi) is 4.65. The first-order valence-electron chi connectivity index (χ1n) is 5.16. The fourth-order valence-electron chi connectivity index (χ4n) is 1.46. The van der Waals surface area contributed by atoms with Crippen molar-refractivity contribution in [2.24, 2.45) is 4.99 Å². The number of nitrogens with zero attached hydrogens (tertiary/aromatic N) is 1. The predicted molar refractivity (Wildman–Crippen MR) is 67.2 cm³/mol. The van der Waals surface area contributed by atoms with Crippen LogP contribution in [0.4, 0.5) is 4.39 Å². The molecule has 0 radical (unpaired) electrons. The van der Waals surface area contributed by atoms with Crippen molar-refractivity contribution in [1.29, 1.82) is 0 Å². The lowest BCUT2D eigenvalue weighted by molar-refractivity contribution is 0.627. The van der Waals surface area contributed by atoms with Gasteiger partial charge in [0, 0.05) is 6.20 Å². The Morgan fingerprint density at radius 3 is 2.44 bits per heavy atom. The Hall–Kier alpha value is -1.70. The van der Waals surface area contributed by atoms with E-state index in [-0.39, 0.29) is 5.82 Å². The van der Waals surface area contributed by atoms with E-state index in [1.54, 1.807) is 18.3 Å². The minimum Gasteiger partial charge on any atom is -0.272 e. The van der Waals surface area contributed by atoms with Crippen molar-refractivity contribution in [3.8, 4) is 0 Å². The second-order valence-electron chi connectivity index (χ2n) is 3.91. The quantitative estimate of drug-likeness (QED) is 0.535. The molecule has 0 unspecified atom stereocenters. The normalized spacial score (nSPS) is 11.1. The number of allylic oxidation sites excluding steroid dienone is 3. The van der Waals surface area contributed by atoms with Gasteiger partial charge in [-0.05, 0) is 50.3 Å². The summed E-state index contributed by atoms with van der Waals surface area (Å²) in [5.74, 6) is -0.210. The standard InChI is InChI=1S/C14H16FN/c1-11(2)8-13(10-16-3)9-12-4-6-14(15)7-5-12/h4-8,10H,3,9H2,1-2H3/b13-10+. The van der Waals surface area contributed by atoms with Crippen LogP contribution in [0.3, 0.4) is 0 Å². The fourth-order valence-corrected chi connectivity index (χ4v) is 1.46. The maximum absolute atomic E-state index is 12.7. The summed E-state index contributed by atoms with van der Waals surface area (Å²) in [7, 11) is 0. The molecule has 1 rings (SSSR count). The number of hydrogen-bond acceptors (Lipinski definition) is 1. The van der Waals surface area contributed by atoms with Gasteiger partial charge in [0.2, 0.25) is 0 Å². The molecule has 0 saturated carbocycles. The molecular weight excluding hydrogens is 201 g/mol. The molecule has 0 aliphatic rings. The number of halogens is 1. The molecule has 0 bridgehead atoms. The third kappa shape index (κ3) is 4.22. The molecule has 0 aliphatic heterocycles. The third-order valence-corrected chi connectivity index (χ3v) is 2.05. The molecule has 1 aromatic rings. The molecule has 0 spiro atoms. The summed E-state index contributed by atoms with van der Waals surface area (Å²) >= 11 is 0. The van der Waals surface area contributed by atoms with Crippen LogP contribution in [-0.4, -0.2) is 6.72 Å². The topological polar surface area (TPSA) is 12.4 Å². The monoisotopic (exact) mass is 217 g/mol. The maximum Gasteiger partial charge on any atom is 0.123 e. The summed E-state index contributed by atoms with van der Waals surface area (Å²) in [6.45, 7) is 7.51. The minimum absolute atomic E-state index is 0.210.